The maximum atomic E-state index is 11.9. The maximum absolute atomic E-state index is 11.9. The van der Waals surface area contributed by atoms with Crippen LogP contribution in [0.5, 0.6) is 0 Å². The molecule has 100 valence electrons. The summed E-state index contributed by atoms with van der Waals surface area (Å²) in [5, 5.41) is 1.97. The Hall–Kier alpha value is -2.54. The molecule has 0 aliphatic carbocycles. The summed E-state index contributed by atoms with van der Waals surface area (Å²) in [7, 11) is 0. The van der Waals surface area contributed by atoms with Gasteiger partial charge in [-0.1, -0.05) is 0 Å². The minimum Gasteiger partial charge on any atom is -0.408 e. The molecule has 0 bridgehead atoms. The standard InChI is InChI=1S/C13H10N4O2S/c14-8-1-2-10-11(5-8)19-13(18)17(10)7-9-6-16-3-4-20-12(16)15-9/h1-6H,7,14H2. The van der Waals surface area contributed by atoms with Gasteiger partial charge in [-0.2, -0.15) is 0 Å². The molecule has 0 saturated carbocycles. The quantitative estimate of drug-likeness (QED) is 0.571. The number of oxazole rings is 1. The third-order valence-electron chi connectivity index (χ3n) is 3.16. The molecule has 0 unspecified atom stereocenters. The van der Waals surface area contributed by atoms with Gasteiger partial charge in [0.1, 0.15) is 0 Å². The van der Waals surface area contributed by atoms with Crippen molar-refractivity contribution in [2.75, 3.05) is 5.73 Å². The molecule has 1 aromatic carbocycles. The summed E-state index contributed by atoms with van der Waals surface area (Å²) in [6.45, 7) is 0.379. The summed E-state index contributed by atoms with van der Waals surface area (Å²) in [6, 6.07) is 5.19. The van der Waals surface area contributed by atoms with Crippen molar-refractivity contribution in [3.05, 3.63) is 52.2 Å². The lowest BCUT2D eigenvalue weighted by Gasteiger charge is -1.98. The molecule has 0 aliphatic heterocycles. The van der Waals surface area contributed by atoms with Crippen molar-refractivity contribution in [1.82, 2.24) is 14.0 Å². The van der Waals surface area contributed by atoms with Crippen molar-refractivity contribution in [3.8, 4) is 0 Å². The first kappa shape index (κ1) is 11.3. The molecule has 0 amide bonds. The summed E-state index contributed by atoms with van der Waals surface area (Å²) in [6.07, 6.45) is 3.85. The number of fused-ring (bicyclic) bond motifs is 2. The van der Waals surface area contributed by atoms with Gasteiger partial charge in [-0.25, -0.2) is 9.78 Å². The van der Waals surface area contributed by atoms with E-state index < -0.39 is 5.76 Å². The van der Waals surface area contributed by atoms with Crippen LogP contribution in [-0.4, -0.2) is 14.0 Å². The average molecular weight is 286 g/mol. The van der Waals surface area contributed by atoms with Crippen molar-refractivity contribution in [3.63, 3.8) is 0 Å². The molecule has 0 fully saturated rings. The van der Waals surface area contributed by atoms with E-state index in [0.717, 1.165) is 16.2 Å². The fraction of sp³-hybridized carbons (Fsp3) is 0.0769. The fourth-order valence-corrected chi connectivity index (χ4v) is 2.97. The average Bonchev–Trinajstić information content (AvgIpc) is 3.04. The predicted octanol–water partition coefficient (Wildman–Crippen LogP) is 1.93. The Morgan fingerprint density at radius 1 is 1.40 bits per heavy atom. The van der Waals surface area contributed by atoms with Crippen LogP contribution < -0.4 is 11.5 Å². The highest BCUT2D eigenvalue weighted by molar-refractivity contribution is 7.15. The number of benzene rings is 1. The first-order chi connectivity index (χ1) is 9.70. The molecule has 0 spiro atoms. The molecule has 4 aromatic rings. The van der Waals surface area contributed by atoms with Gasteiger partial charge in [0, 0.05) is 29.5 Å². The first-order valence-electron chi connectivity index (χ1n) is 6.01. The normalized spacial score (nSPS) is 11.6. The Kier molecular flexibility index (Phi) is 2.25. The number of nitrogens with zero attached hydrogens (tertiary/aromatic N) is 3. The van der Waals surface area contributed by atoms with E-state index in [1.807, 2.05) is 22.2 Å². The van der Waals surface area contributed by atoms with Crippen LogP contribution in [-0.2, 0) is 6.54 Å². The predicted molar refractivity (Wildman–Crippen MR) is 77.1 cm³/mol. The van der Waals surface area contributed by atoms with Crippen LogP contribution in [0, 0.1) is 0 Å². The second-order valence-electron chi connectivity index (χ2n) is 4.51. The van der Waals surface area contributed by atoms with Gasteiger partial charge in [0.15, 0.2) is 10.5 Å². The molecule has 3 heterocycles. The number of aromatic nitrogens is 3. The van der Waals surface area contributed by atoms with Gasteiger partial charge in [0.25, 0.3) is 0 Å². The van der Waals surface area contributed by atoms with Gasteiger partial charge in [-0.05, 0) is 12.1 Å². The van der Waals surface area contributed by atoms with Crippen LogP contribution >= 0.6 is 11.3 Å². The lowest BCUT2D eigenvalue weighted by Crippen LogP contribution is -2.15. The maximum Gasteiger partial charge on any atom is 0.420 e. The van der Waals surface area contributed by atoms with Gasteiger partial charge in [0.05, 0.1) is 17.8 Å². The van der Waals surface area contributed by atoms with E-state index in [9.17, 15) is 4.79 Å². The second kappa shape index (κ2) is 3.97. The lowest BCUT2D eigenvalue weighted by molar-refractivity contribution is 0.516. The molecule has 20 heavy (non-hydrogen) atoms. The summed E-state index contributed by atoms with van der Waals surface area (Å²) < 4.78 is 8.70. The van der Waals surface area contributed by atoms with Crippen molar-refractivity contribution < 1.29 is 4.42 Å². The Morgan fingerprint density at radius 3 is 3.15 bits per heavy atom. The monoisotopic (exact) mass is 286 g/mol. The summed E-state index contributed by atoms with van der Waals surface area (Å²) in [5.74, 6) is -0.401. The highest BCUT2D eigenvalue weighted by atomic mass is 32.1. The van der Waals surface area contributed by atoms with E-state index >= 15 is 0 Å². The molecule has 7 heteroatoms. The van der Waals surface area contributed by atoms with Crippen molar-refractivity contribution in [1.29, 1.82) is 0 Å². The molecular weight excluding hydrogens is 276 g/mol. The number of anilines is 1. The number of hydrogen-bond acceptors (Lipinski definition) is 5. The highest BCUT2D eigenvalue weighted by Gasteiger charge is 2.11. The Morgan fingerprint density at radius 2 is 2.30 bits per heavy atom. The zero-order valence-corrected chi connectivity index (χ0v) is 11.1. The molecule has 0 radical (unpaired) electrons. The molecular formula is C13H10N4O2S. The Labute approximate surface area is 116 Å². The van der Waals surface area contributed by atoms with E-state index in [-0.39, 0.29) is 0 Å². The molecule has 3 aromatic heterocycles. The number of nitrogens with two attached hydrogens (primary N) is 1. The lowest BCUT2D eigenvalue weighted by atomic mass is 10.3. The summed E-state index contributed by atoms with van der Waals surface area (Å²) >= 11 is 1.56. The Balaban J connectivity index is 1.83. The van der Waals surface area contributed by atoms with Crippen LogP contribution in [0.2, 0.25) is 0 Å². The van der Waals surface area contributed by atoms with Crippen molar-refractivity contribution in [2.24, 2.45) is 0 Å². The highest BCUT2D eigenvalue weighted by Crippen LogP contribution is 2.18. The van der Waals surface area contributed by atoms with Gasteiger partial charge >= 0.3 is 5.76 Å². The smallest absolute Gasteiger partial charge is 0.408 e. The summed E-state index contributed by atoms with van der Waals surface area (Å²) in [5.41, 5.74) is 8.29. The van der Waals surface area contributed by atoms with Gasteiger partial charge in [-0.3, -0.25) is 8.97 Å². The van der Waals surface area contributed by atoms with Crippen LogP contribution in [0.3, 0.4) is 0 Å². The van der Waals surface area contributed by atoms with Gasteiger partial charge in [0.2, 0.25) is 0 Å². The molecule has 0 saturated heterocycles. The van der Waals surface area contributed by atoms with Crippen molar-refractivity contribution >= 4 is 33.1 Å². The van der Waals surface area contributed by atoms with Gasteiger partial charge in [-0.15, -0.1) is 11.3 Å². The van der Waals surface area contributed by atoms with Crippen LogP contribution in [0.15, 0.2) is 45.2 Å². The van der Waals surface area contributed by atoms with E-state index in [0.29, 0.717) is 17.8 Å². The largest absolute Gasteiger partial charge is 0.420 e. The van der Waals surface area contributed by atoms with E-state index in [2.05, 4.69) is 4.98 Å². The van der Waals surface area contributed by atoms with Gasteiger partial charge < -0.3 is 10.2 Å². The Bertz CT molecular complexity index is 947. The van der Waals surface area contributed by atoms with E-state index in [4.69, 9.17) is 10.2 Å². The van der Waals surface area contributed by atoms with Crippen LogP contribution in [0.25, 0.3) is 16.1 Å². The van der Waals surface area contributed by atoms with Crippen LogP contribution in [0.4, 0.5) is 5.69 Å². The molecule has 6 nitrogen and oxygen atoms in total. The number of thiazole rings is 1. The number of nitrogen functional groups attached to an aromatic ring is 1. The molecule has 0 atom stereocenters. The van der Waals surface area contributed by atoms with Crippen LogP contribution in [0.1, 0.15) is 5.69 Å². The fourth-order valence-electron chi connectivity index (χ4n) is 2.25. The SMILES string of the molecule is Nc1ccc2c(c1)oc(=O)n2Cc1cn2ccsc2n1. The molecule has 4 rings (SSSR count). The third kappa shape index (κ3) is 1.64. The number of hydrogen-bond donors (Lipinski definition) is 1. The second-order valence-corrected chi connectivity index (χ2v) is 5.38. The minimum atomic E-state index is -0.401. The van der Waals surface area contributed by atoms with E-state index in [1.165, 1.54) is 0 Å². The molecule has 2 N–H and O–H groups in total. The van der Waals surface area contributed by atoms with Crippen molar-refractivity contribution in [2.45, 2.75) is 6.54 Å². The zero-order chi connectivity index (χ0) is 13.7. The molecule has 0 aliphatic rings. The third-order valence-corrected chi connectivity index (χ3v) is 3.93. The minimum absolute atomic E-state index is 0.379. The summed E-state index contributed by atoms with van der Waals surface area (Å²) in [4.78, 5) is 17.3. The first-order valence-corrected chi connectivity index (χ1v) is 6.88. The zero-order valence-electron chi connectivity index (χ0n) is 10.3. The number of imidazole rings is 1. The van der Waals surface area contributed by atoms with E-state index in [1.54, 1.807) is 34.1 Å². The number of rotatable bonds is 2. The topological polar surface area (TPSA) is 78.5 Å².